The molecule has 2 N–H and O–H groups in total. The van der Waals surface area contributed by atoms with E-state index in [-0.39, 0.29) is 18.8 Å². The Hall–Kier alpha value is -4.14. The number of amides is 2. The number of carbonyl (C=O) groups is 3. The van der Waals surface area contributed by atoms with Crippen LogP contribution in [0.1, 0.15) is 17.8 Å². The molecule has 2 aromatic heterocycles. The van der Waals surface area contributed by atoms with Gasteiger partial charge in [0.2, 0.25) is 5.91 Å². The summed E-state index contributed by atoms with van der Waals surface area (Å²) in [6, 6.07) is 4.96. The molecule has 41 heavy (non-hydrogen) atoms. The summed E-state index contributed by atoms with van der Waals surface area (Å²) in [6.45, 7) is 5.26. The van der Waals surface area contributed by atoms with Crippen LogP contribution in [0.25, 0.3) is 0 Å². The molecule has 0 bridgehead atoms. The molecule has 4 heterocycles. The molecule has 14 heteroatoms. The number of aliphatic imine (C=N–C) groups is 1. The van der Waals surface area contributed by atoms with Crippen molar-refractivity contribution < 1.29 is 24.2 Å². The zero-order chi connectivity index (χ0) is 29.2. The van der Waals surface area contributed by atoms with Crippen LogP contribution in [0.5, 0.6) is 0 Å². The van der Waals surface area contributed by atoms with E-state index in [2.05, 4.69) is 37.2 Å². The van der Waals surface area contributed by atoms with Crippen molar-refractivity contribution in [1.29, 1.82) is 0 Å². The van der Waals surface area contributed by atoms with Gasteiger partial charge in [0.15, 0.2) is 0 Å². The fourth-order valence-corrected chi connectivity index (χ4v) is 5.86. The van der Waals surface area contributed by atoms with Crippen LogP contribution in [-0.2, 0) is 38.8 Å². The first kappa shape index (κ1) is 29.8. The largest absolute Gasteiger partial charge is 0.477 e. The molecule has 13 nitrogen and oxygen atoms in total. The van der Waals surface area contributed by atoms with E-state index in [1.807, 2.05) is 36.4 Å². The maximum Gasteiger partial charge on any atom is 0.352 e. The Morgan fingerprint density at radius 3 is 2.88 bits per heavy atom. The van der Waals surface area contributed by atoms with Gasteiger partial charge in [-0.25, -0.2) is 9.48 Å². The van der Waals surface area contributed by atoms with Crippen LogP contribution in [0.3, 0.4) is 0 Å². The molecule has 1 fully saturated rings. The summed E-state index contributed by atoms with van der Waals surface area (Å²) in [5.74, 6) is -1.67. The molecule has 2 aromatic rings. The molecular formula is C27H32N8O5S. The Balaban J connectivity index is 1.33. The minimum atomic E-state index is -1.19. The lowest BCUT2D eigenvalue weighted by Gasteiger charge is -2.49. The monoisotopic (exact) mass is 580 g/mol. The van der Waals surface area contributed by atoms with Gasteiger partial charge in [-0.2, -0.15) is 0 Å². The van der Waals surface area contributed by atoms with Crippen LogP contribution in [0, 0.1) is 0 Å². The van der Waals surface area contributed by atoms with E-state index in [0.717, 1.165) is 18.7 Å². The molecule has 0 aromatic carbocycles. The Labute approximate surface area is 241 Å². The van der Waals surface area contributed by atoms with Gasteiger partial charge in [0.1, 0.15) is 23.7 Å². The Kier molecular flexibility index (Phi) is 10.5. The Morgan fingerprint density at radius 2 is 2.15 bits per heavy atom. The summed E-state index contributed by atoms with van der Waals surface area (Å²) >= 11 is 1.39. The van der Waals surface area contributed by atoms with E-state index in [9.17, 15) is 19.5 Å². The third kappa shape index (κ3) is 7.74. The minimum absolute atomic E-state index is 0.0667. The lowest BCUT2D eigenvalue weighted by Crippen LogP contribution is -2.70. The molecule has 4 rings (SSSR count). The van der Waals surface area contributed by atoms with E-state index in [4.69, 9.17) is 4.74 Å². The van der Waals surface area contributed by atoms with Crippen molar-refractivity contribution in [2.24, 2.45) is 4.99 Å². The van der Waals surface area contributed by atoms with Gasteiger partial charge in [0.05, 0.1) is 24.2 Å². The number of pyridine rings is 1. The topological polar surface area (TPSA) is 155 Å². The first-order chi connectivity index (χ1) is 19.9. The Bertz CT molecular complexity index is 1340. The average Bonchev–Trinajstić information content (AvgIpc) is 3.40. The number of aliphatic carboxylic acids is 1. The number of nitrogens with zero attached hydrogens (tertiary/aromatic N) is 7. The normalized spacial score (nSPS) is 18.7. The number of hydrogen-bond acceptors (Lipinski definition) is 10. The second-order valence-corrected chi connectivity index (χ2v) is 10.4. The number of aromatic nitrogens is 4. The van der Waals surface area contributed by atoms with E-state index in [1.165, 1.54) is 28.5 Å². The first-order valence-corrected chi connectivity index (χ1v) is 13.9. The van der Waals surface area contributed by atoms with Gasteiger partial charge in [-0.3, -0.25) is 29.4 Å². The summed E-state index contributed by atoms with van der Waals surface area (Å²) in [6.07, 6.45) is 11.6. The number of methoxy groups -OCH3 is 1. The lowest BCUT2D eigenvalue weighted by molar-refractivity contribution is -0.150. The van der Waals surface area contributed by atoms with Gasteiger partial charge >= 0.3 is 5.97 Å². The minimum Gasteiger partial charge on any atom is -0.477 e. The van der Waals surface area contributed by atoms with Crippen LogP contribution < -0.4 is 5.32 Å². The zero-order valence-electron chi connectivity index (χ0n) is 22.6. The van der Waals surface area contributed by atoms with Crippen molar-refractivity contribution in [2.75, 3.05) is 26.0 Å². The molecule has 2 unspecified atom stereocenters. The summed E-state index contributed by atoms with van der Waals surface area (Å²) < 4.78 is 6.50. The maximum absolute atomic E-state index is 12.8. The zero-order valence-corrected chi connectivity index (χ0v) is 23.4. The van der Waals surface area contributed by atoms with Crippen molar-refractivity contribution in [1.82, 2.24) is 35.1 Å². The summed E-state index contributed by atoms with van der Waals surface area (Å²) in [5, 5.41) is 20.2. The SMILES string of the molecule is C=N/C=C\C=C/CCN(Cc1ccccn1)Cc1cn(CC(=O)NC2C(=O)N3C(C(=O)O)=C(COC)CSC23)nn1. The molecule has 0 spiro atoms. The highest BCUT2D eigenvalue weighted by molar-refractivity contribution is 8.00. The van der Waals surface area contributed by atoms with Gasteiger partial charge in [0, 0.05) is 44.9 Å². The number of ether oxygens (including phenoxy) is 1. The summed E-state index contributed by atoms with van der Waals surface area (Å²) in [5.41, 5.74) is 2.07. The Morgan fingerprint density at radius 1 is 1.32 bits per heavy atom. The van der Waals surface area contributed by atoms with Crippen molar-refractivity contribution in [3.8, 4) is 0 Å². The van der Waals surface area contributed by atoms with Gasteiger partial charge in [0.25, 0.3) is 5.91 Å². The second-order valence-electron chi connectivity index (χ2n) is 9.33. The third-order valence-electron chi connectivity index (χ3n) is 6.32. The second kappa shape index (κ2) is 14.5. The van der Waals surface area contributed by atoms with Crippen molar-refractivity contribution in [3.63, 3.8) is 0 Å². The fraction of sp³-hybridized carbons (Fsp3) is 0.370. The van der Waals surface area contributed by atoms with E-state index in [1.54, 1.807) is 18.6 Å². The predicted octanol–water partition coefficient (Wildman–Crippen LogP) is 1.22. The number of nitrogens with one attached hydrogen (secondary N) is 1. The number of rotatable bonds is 15. The number of carboxylic acids is 1. The van der Waals surface area contributed by atoms with E-state index in [0.29, 0.717) is 30.1 Å². The maximum atomic E-state index is 12.8. The average molecular weight is 581 g/mol. The highest BCUT2D eigenvalue weighted by Gasteiger charge is 2.54. The lowest BCUT2D eigenvalue weighted by atomic mass is 10.0. The van der Waals surface area contributed by atoms with Crippen LogP contribution in [0.4, 0.5) is 0 Å². The molecule has 2 aliphatic heterocycles. The predicted molar refractivity (Wildman–Crippen MR) is 152 cm³/mol. The standard InChI is InChI=1S/C27H32N8O5S/c1-28-10-6-3-4-8-12-33(13-20-9-5-7-11-29-20)14-21-15-34(32-31-21)16-22(36)30-23-25(37)35-24(27(38)39)19(17-40-2)18-41-26(23)35/h3-7,9-11,15,23,26H,1,8,12-14,16-18H2,2H3,(H,30,36)(H,38,39)/b4-3-,10-6-. The number of allylic oxidation sites excluding steroid dienone is 2. The van der Waals surface area contributed by atoms with E-state index >= 15 is 0 Å². The molecular weight excluding hydrogens is 548 g/mol. The van der Waals surface area contributed by atoms with E-state index < -0.39 is 29.2 Å². The number of carboxylic acid groups (broad SMARTS) is 1. The third-order valence-corrected chi connectivity index (χ3v) is 7.66. The summed E-state index contributed by atoms with van der Waals surface area (Å²) in [4.78, 5) is 48.8. The molecule has 216 valence electrons. The van der Waals surface area contributed by atoms with Crippen molar-refractivity contribution >= 4 is 36.3 Å². The number of hydrogen-bond donors (Lipinski definition) is 2. The first-order valence-electron chi connectivity index (χ1n) is 12.9. The summed E-state index contributed by atoms with van der Waals surface area (Å²) in [7, 11) is 1.47. The van der Waals surface area contributed by atoms with Gasteiger partial charge in [-0.1, -0.05) is 23.4 Å². The highest BCUT2D eigenvalue weighted by atomic mass is 32.2. The van der Waals surface area contributed by atoms with Crippen LogP contribution in [-0.4, -0.2) is 96.8 Å². The van der Waals surface area contributed by atoms with Gasteiger partial charge in [-0.05, 0) is 36.9 Å². The molecule has 0 aliphatic carbocycles. The number of thioether (sulfide) groups is 1. The van der Waals surface area contributed by atoms with Gasteiger partial charge in [-0.15, -0.1) is 16.9 Å². The quantitative estimate of drug-likeness (QED) is 0.178. The molecule has 1 saturated heterocycles. The molecule has 2 atom stereocenters. The molecule has 2 amide bonds. The smallest absolute Gasteiger partial charge is 0.352 e. The molecule has 0 radical (unpaired) electrons. The van der Waals surface area contributed by atoms with Crippen LogP contribution in [0.2, 0.25) is 0 Å². The van der Waals surface area contributed by atoms with Crippen LogP contribution >= 0.6 is 11.8 Å². The fourth-order valence-electron chi connectivity index (χ4n) is 4.53. The van der Waals surface area contributed by atoms with Crippen LogP contribution in [0.15, 0.2) is 71.3 Å². The number of carbonyl (C=O) groups excluding carboxylic acids is 2. The van der Waals surface area contributed by atoms with Crippen molar-refractivity contribution in [3.05, 3.63) is 77.7 Å². The number of fused-ring (bicyclic) bond motifs is 1. The molecule has 2 aliphatic rings. The molecule has 0 saturated carbocycles. The highest BCUT2D eigenvalue weighted by Crippen LogP contribution is 2.40. The van der Waals surface area contributed by atoms with Gasteiger partial charge < -0.3 is 15.2 Å². The van der Waals surface area contributed by atoms with Crippen molar-refractivity contribution in [2.45, 2.75) is 37.5 Å². The number of β-lactam (4-membered cyclic amide) rings is 1.